The van der Waals surface area contributed by atoms with Crippen molar-refractivity contribution in [1.29, 1.82) is 0 Å². The standard InChI is InChI=1S/C17H23N5/c1-12(2)13-4-3-5-14(10-13)20-17(18)21-15-6-8-22-9-7-19-16(22)11-15/h3-5,7,9-10,12,15H,6,8,11H2,1-2H3,(H3,18,20,21). The molecule has 0 saturated carbocycles. The Morgan fingerprint density at radius 3 is 3.14 bits per heavy atom. The van der Waals surface area contributed by atoms with Gasteiger partial charge in [-0.25, -0.2) is 9.98 Å². The maximum absolute atomic E-state index is 6.07. The summed E-state index contributed by atoms with van der Waals surface area (Å²) >= 11 is 0. The fourth-order valence-corrected chi connectivity index (χ4v) is 2.80. The Morgan fingerprint density at radius 1 is 1.45 bits per heavy atom. The van der Waals surface area contributed by atoms with E-state index in [0.29, 0.717) is 11.9 Å². The lowest BCUT2D eigenvalue weighted by Gasteiger charge is -2.20. The molecular weight excluding hydrogens is 274 g/mol. The van der Waals surface area contributed by atoms with Crippen LogP contribution in [0.25, 0.3) is 0 Å². The molecule has 2 aromatic rings. The molecule has 1 atom stereocenters. The molecule has 1 aliphatic heterocycles. The summed E-state index contributed by atoms with van der Waals surface area (Å²) in [6, 6.07) is 8.52. The summed E-state index contributed by atoms with van der Waals surface area (Å²) in [5, 5.41) is 3.20. The van der Waals surface area contributed by atoms with Gasteiger partial charge in [0.15, 0.2) is 5.96 Å². The quantitative estimate of drug-likeness (QED) is 0.676. The van der Waals surface area contributed by atoms with Crippen LogP contribution in [-0.4, -0.2) is 21.6 Å². The molecule has 5 nitrogen and oxygen atoms in total. The van der Waals surface area contributed by atoms with Crippen LogP contribution < -0.4 is 11.1 Å². The zero-order valence-electron chi connectivity index (χ0n) is 13.2. The van der Waals surface area contributed by atoms with E-state index in [-0.39, 0.29) is 6.04 Å². The van der Waals surface area contributed by atoms with Crippen molar-refractivity contribution in [3.8, 4) is 0 Å². The summed E-state index contributed by atoms with van der Waals surface area (Å²) in [4.78, 5) is 8.98. The summed E-state index contributed by atoms with van der Waals surface area (Å²) in [5.41, 5.74) is 8.35. The zero-order valence-corrected chi connectivity index (χ0v) is 13.2. The predicted octanol–water partition coefficient (Wildman–Crippen LogP) is 2.75. The molecule has 1 unspecified atom stereocenters. The molecule has 0 bridgehead atoms. The van der Waals surface area contributed by atoms with Crippen LogP contribution in [0.4, 0.5) is 5.69 Å². The van der Waals surface area contributed by atoms with E-state index in [4.69, 9.17) is 5.73 Å². The first kappa shape index (κ1) is 14.6. The number of rotatable bonds is 3. The first-order chi connectivity index (χ1) is 10.6. The molecule has 0 amide bonds. The van der Waals surface area contributed by atoms with Crippen molar-refractivity contribution in [2.75, 3.05) is 5.32 Å². The monoisotopic (exact) mass is 297 g/mol. The lowest BCUT2D eigenvalue weighted by atomic mass is 10.0. The molecule has 0 fully saturated rings. The van der Waals surface area contributed by atoms with E-state index in [2.05, 4.69) is 45.8 Å². The van der Waals surface area contributed by atoms with Crippen molar-refractivity contribution >= 4 is 11.6 Å². The molecule has 2 heterocycles. The Kier molecular flexibility index (Phi) is 4.13. The fourth-order valence-electron chi connectivity index (χ4n) is 2.80. The number of nitrogens with one attached hydrogen (secondary N) is 1. The number of nitrogens with zero attached hydrogens (tertiary/aromatic N) is 3. The number of guanidine groups is 1. The second-order valence-electron chi connectivity index (χ2n) is 6.10. The summed E-state index contributed by atoms with van der Waals surface area (Å²) in [6.45, 7) is 5.32. The number of aliphatic imine (C=N–C) groups is 1. The minimum absolute atomic E-state index is 0.204. The van der Waals surface area contributed by atoms with Gasteiger partial charge in [-0.1, -0.05) is 26.0 Å². The van der Waals surface area contributed by atoms with Crippen molar-refractivity contribution < 1.29 is 0 Å². The highest BCUT2D eigenvalue weighted by molar-refractivity contribution is 5.92. The lowest BCUT2D eigenvalue weighted by molar-refractivity contribution is 0.465. The van der Waals surface area contributed by atoms with Gasteiger partial charge in [0.2, 0.25) is 0 Å². The van der Waals surface area contributed by atoms with Gasteiger partial charge in [0, 0.05) is 31.0 Å². The third-order valence-corrected chi connectivity index (χ3v) is 4.07. The summed E-state index contributed by atoms with van der Waals surface area (Å²) in [7, 11) is 0. The lowest BCUT2D eigenvalue weighted by Crippen LogP contribution is -2.29. The first-order valence-electron chi connectivity index (χ1n) is 7.82. The number of aryl methyl sites for hydroxylation is 1. The number of benzene rings is 1. The van der Waals surface area contributed by atoms with E-state index in [1.165, 1.54) is 5.56 Å². The van der Waals surface area contributed by atoms with E-state index < -0.39 is 0 Å². The molecule has 1 aliphatic rings. The van der Waals surface area contributed by atoms with Crippen LogP contribution >= 0.6 is 0 Å². The number of fused-ring (bicyclic) bond motifs is 1. The molecule has 116 valence electrons. The predicted molar refractivity (Wildman–Crippen MR) is 90.1 cm³/mol. The molecule has 3 N–H and O–H groups in total. The summed E-state index contributed by atoms with van der Waals surface area (Å²) in [5.74, 6) is 2.07. The van der Waals surface area contributed by atoms with Crippen molar-refractivity contribution in [1.82, 2.24) is 9.55 Å². The van der Waals surface area contributed by atoms with E-state index in [1.807, 2.05) is 24.5 Å². The third-order valence-electron chi connectivity index (χ3n) is 4.07. The van der Waals surface area contributed by atoms with Crippen LogP contribution in [0, 0.1) is 0 Å². The maximum atomic E-state index is 6.07. The van der Waals surface area contributed by atoms with Crippen molar-refractivity contribution in [2.24, 2.45) is 10.7 Å². The van der Waals surface area contributed by atoms with Gasteiger partial charge >= 0.3 is 0 Å². The minimum atomic E-state index is 0.204. The van der Waals surface area contributed by atoms with Gasteiger partial charge in [0.25, 0.3) is 0 Å². The number of nitrogens with two attached hydrogens (primary N) is 1. The van der Waals surface area contributed by atoms with Gasteiger partial charge in [0.1, 0.15) is 5.82 Å². The van der Waals surface area contributed by atoms with Crippen molar-refractivity contribution in [3.05, 3.63) is 48.0 Å². The Morgan fingerprint density at radius 2 is 2.32 bits per heavy atom. The molecule has 0 radical (unpaired) electrons. The number of aromatic nitrogens is 2. The van der Waals surface area contributed by atoms with Gasteiger partial charge in [-0.2, -0.15) is 0 Å². The molecule has 22 heavy (non-hydrogen) atoms. The highest BCUT2D eigenvalue weighted by atomic mass is 15.1. The summed E-state index contributed by atoms with van der Waals surface area (Å²) in [6.07, 6.45) is 5.72. The summed E-state index contributed by atoms with van der Waals surface area (Å²) < 4.78 is 2.18. The Hall–Kier alpha value is -2.30. The molecule has 0 spiro atoms. The number of hydrogen-bond donors (Lipinski definition) is 2. The van der Waals surface area contributed by atoms with Gasteiger partial charge in [0.05, 0.1) is 6.04 Å². The topological polar surface area (TPSA) is 68.2 Å². The zero-order chi connectivity index (χ0) is 15.5. The van der Waals surface area contributed by atoms with Crippen LogP contribution in [0.3, 0.4) is 0 Å². The van der Waals surface area contributed by atoms with E-state index in [9.17, 15) is 0 Å². The largest absolute Gasteiger partial charge is 0.370 e. The maximum Gasteiger partial charge on any atom is 0.193 e. The van der Waals surface area contributed by atoms with Crippen LogP contribution in [-0.2, 0) is 13.0 Å². The minimum Gasteiger partial charge on any atom is -0.370 e. The molecule has 5 heteroatoms. The highest BCUT2D eigenvalue weighted by Crippen LogP contribution is 2.19. The third kappa shape index (κ3) is 3.30. The van der Waals surface area contributed by atoms with E-state index in [0.717, 1.165) is 30.9 Å². The average molecular weight is 297 g/mol. The van der Waals surface area contributed by atoms with Crippen LogP contribution in [0.15, 0.2) is 41.7 Å². The van der Waals surface area contributed by atoms with Crippen LogP contribution in [0.1, 0.15) is 37.6 Å². The smallest absolute Gasteiger partial charge is 0.193 e. The van der Waals surface area contributed by atoms with Crippen LogP contribution in [0.2, 0.25) is 0 Å². The first-order valence-corrected chi connectivity index (χ1v) is 7.82. The van der Waals surface area contributed by atoms with Crippen molar-refractivity contribution in [3.63, 3.8) is 0 Å². The molecule has 3 rings (SSSR count). The Bertz CT molecular complexity index is 671. The molecule has 0 saturated heterocycles. The molecular formula is C17H23N5. The van der Waals surface area contributed by atoms with Crippen LogP contribution in [0.5, 0.6) is 0 Å². The second kappa shape index (κ2) is 6.22. The number of anilines is 1. The highest BCUT2D eigenvalue weighted by Gasteiger charge is 2.18. The Balaban J connectivity index is 1.67. The van der Waals surface area contributed by atoms with Crippen molar-refractivity contribution in [2.45, 2.75) is 45.2 Å². The Labute approximate surface area is 131 Å². The molecule has 1 aromatic carbocycles. The molecule has 0 aliphatic carbocycles. The molecule has 1 aromatic heterocycles. The van der Waals surface area contributed by atoms with Gasteiger partial charge in [-0.15, -0.1) is 0 Å². The average Bonchev–Trinajstić information content (AvgIpc) is 2.95. The number of imidazole rings is 1. The van der Waals surface area contributed by atoms with Gasteiger partial charge in [-0.05, 0) is 30.0 Å². The number of hydrogen-bond acceptors (Lipinski definition) is 2. The SMILES string of the molecule is CC(C)c1cccc(NC(N)=NC2CCn3ccnc3C2)c1. The van der Waals surface area contributed by atoms with Gasteiger partial charge in [-0.3, -0.25) is 0 Å². The van der Waals surface area contributed by atoms with E-state index >= 15 is 0 Å². The van der Waals surface area contributed by atoms with E-state index in [1.54, 1.807) is 0 Å². The van der Waals surface area contributed by atoms with Gasteiger partial charge < -0.3 is 15.6 Å². The second-order valence-corrected chi connectivity index (χ2v) is 6.10. The normalized spacial score (nSPS) is 18.3. The fraction of sp³-hybridized carbons (Fsp3) is 0.412.